The van der Waals surface area contributed by atoms with Gasteiger partial charge in [-0.15, -0.1) is 16.4 Å². The van der Waals surface area contributed by atoms with Crippen molar-refractivity contribution in [3.8, 4) is 10.4 Å². The van der Waals surface area contributed by atoms with E-state index in [4.69, 9.17) is 0 Å². The van der Waals surface area contributed by atoms with Crippen molar-refractivity contribution in [1.29, 1.82) is 0 Å². The largest absolute Gasteiger partial charge is 0.394 e. The zero-order chi connectivity index (χ0) is 25.1. The lowest BCUT2D eigenvalue weighted by Gasteiger charge is -2.30. The number of hydrogen-bond donors (Lipinski definition) is 3. The molecule has 3 aromatic rings. The number of carbonyl (C=O) groups is 2. The van der Waals surface area contributed by atoms with Crippen molar-refractivity contribution in [2.75, 3.05) is 13.2 Å². The molecule has 1 fully saturated rings. The number of thiazole rings is 1. The third-order valence-corrected chi connectivity index (χ3v) is 7.27. The molecule has 11 heteroatoms. The summed E-state index contributed by atoms with van der Waals surface area (Å²) in [6, 6.07) is 5.45. The van der Waals surface area contributed by atoms with Gasteiger partial charge in [-0.1, -0.05) is 43.3 Å². The van der Waals surface area contributed by atoms with Crippen molar-refractivity contribution in [3.63, 3.8) is 0 Å². The monoisotopic (exact) mass is 498 g/mol. The Hall–Kier alpha value is -3.15. The van der Waals surface area contributed by atoms with Gasteiger partial charge in [-0.25, -0.2) is 9.67 Å². The van der Waals surface area contributed by atoms with Crippen molar-refractivity contribution in [2.24, 2.45) is 5.92 Å². The molecule has 35 heavy (non-hydrogen) atoms. The Balaban J connectivity index is 1.50. The molecule has 0 unspecified atom stereocenters. The molecule has 1 saturated heterocycles. The minimum Gasteiger partial charge on any atom is -0.394 e. The summed E-state index contributed by atoms with van der Waals surface area (Å²) in [6.45, 7) is 5.49. The maximum atomic E-state index is 13.4. The second kappa shape index (κ2) is 10.6. The number of aliphatic hydroxyl groups excluding tert-OH is 2. The van der Waals surface area contributed by atoms with Crippen LogP contribution < -0.4 is 5.32 Å². The van der Waals surface area contributed by atoms with Crippen molar-refractivity contribution in [2.45, 2.75) is 51.4 Å². The molecule has 1 aliphatic heterocycles. The Morgan fingerprint density at radius 3 is 2.57 bits per heavy atom. The van der Waals surface area contributed by atoms with E-state index >= 15 is 0 Å². The molecular formula is C24H30N6O4S. The number of likely N-dealkylation sites (tertiary alicyclic amines) is 1. The van der Waals surface area contributed by atoms with E-state index < -0.39 is 30.1 Å². The fourth-order valence-electron chi connectivity index (χ4n) is 4.49. The van der Waals surface area contributed by atoms with Gasteiger partial charge in [0.1, 0.15) is 12.1 Å². The van der Waals surface area contributed by atoms with Crippen molar-refractivity contribution in [1.82, 2.24) is 30.2 Å². The molecule has 1 aliphatic rings. The summed E-state index contributed by atoms with van der Waals surface area (Å²) in [7, 11) is 0. The molecule has 2 amide bonds. The van der Waals surface area contributed by atoms with Crippen LogP contribution in [0.3, 0.4) is 0 Å². The molecule has 10 nitrogen and oxygen atoms in total. The maximum Gasteiger partial charge on any atom is 0.248 e. The topological polar surface area (TPSA) is 133 Å². The fourth-order valence-corrected chi connectivity index (χ4v) is 5.31. The SMILES string of the molecule is Cc1ncsc1-c1ccc([C@H](CO)NC(=O)[C@@H]2C[C@@H](O)CN2C(=O)[C@H](C(C)C)n2ccnn2)cc1. The molecule has 0 spiro atoms. The number of β-amino-alcohol motifs (C(OH)–C–C–N with tert-alkyl or cyclic N) is 1. The summed E-state index contributed by atoms with van der Waals surface area (Å²) in [5, 5.41) is 30.9. The number of carbonyl (C=O) groups excluding carboxylic acids is 2. The third-order valence-electron chi connectivity index (χ3n) is 6.30. The zero-order valence-electron chi connectivity index (χ0n) is 19.9. The normalized spacial score (nSPS) is 19.7. The minimum absolute atomic E-state index is 0.0571. The fraction of sp³-hybridized carbons (Fsp3) is 0.458. The Labute approximate surface area is 207 Å². The first kappa shape index (κ1) is 25.0. The second-order valence-corrected chi connectivity index (χ2v) is 9.96. The van der Waals surface area contributed by atoms with Gasteiger partial charge >= 0.3 is 0 Å². The highest BCUT2D eigenvalue weighted by atomic mass is 32.1. The van der Waals surface area contributed by atoms with E-state index in [0.29, 0.717) is 0 Å². The molecule has 0 saturated carbocycles. The molecule has 4 atom stereocenters. The molecule has 2 aromatic heterocycles. The minimum atomic E-state index is -0.851. The molecule has 0 bridgehead atoms. The Morgan fingerprint density at radius 1 is 1.26 bits per heavy atom. The van der Waals surface area contributed by atoms with Gasteiger partial charge in [0.05, 0.1) is 41.0 Å². The van der Waals surface area contributed by atoms with E-state index in [1.807, 2.05) is 45.0 Å². The van der Waals surface area contributed by atoms with Crippen molar-refractivity contribution in [3.05, 3.63) is 53.4 Å². The number of amides is 2. The number of aromatic nitrogens is 4. The summed E-state index contributed by atoms with van der Waals surface area (Å²) in [5.74, 6) is -0.819. The Bertz CT molecular complexity index is 1150. The van der Waals surface area contributed by atoms with E-state index in [0.717, 1.165) is 21.7 Å². The van der Waals surface area contributed by atoms with Crippen LogP contribution in [-0.4, -0.2) is 72.2 Å². The number of nitrogens with zero attached hydrogens (tertiary/aromatic N) is 5. The van der Waals surface area contributed by atoms with Gasteiger partial charge < -0.3 is 20.4 Å². The molecule has 4 rings (SSSR count). The molecule has 1 aromatic carbocycles. The lowest BCUT2D eigenvalue weighted by Crippen LogP contribution is -2.50. The lowest BCUT2D eigenvalue weighted by atomic mass is 10.0. The lowest BCUT2D eigenvalue weighted by molar-refractivity contribution is -0.142. The van der Waals surface area contributed by atoms with Gasteiger partial charge in [0.15, 0.2) is 0 Å². The van der Waals surface area contributed by atoms with Crippen LogP contribution in [-0.2, 0) is 9.59 Å². The van der Waals surface area contributed by atoms with Crippen LogP contribution in [0, 0.1) is 12.8 Å². The van der Waals surface area contributed by atoms with E-state index in [2.05, 4.69) is 20.6 Å². The van der Waals surface area contributed by atoms with Gasteiger partial charge in [-0.2, -0.15) is 0 Å². The molecule has 3 N–H and O–H groups in total. The molecular weight excluding hydrogens is 468 g/mol. The standard InChI is InChI=1S/C24H30N6O4S/c1-14(2)21(30-9-8-26-28-30)24(34)29-11-18(32)10-20(29)23(33)27-19(12-31)16-4-6-17(7-5-16)22-15(3)25-13-35-22/h4-9,13-14,18-21,31-32H,10-12H2,1-3H3,(H,27,33)/t18-,19+,20+,21+/m1/s1. The van der Waals surface area contributed by atoms with Gasteiger partial charge in [0.25, 0.3) is 0 Å². The van der Waals surface area contributed by atoms with Crippen LogP contribution in [0.5, 0.6) is 0 Å². The van der Waals surface area contributed by atoms with Crippen LogP contribution in [0.2, 0.25) is 0 Å². The van der Waals surface area contributed by atoms with Crippen LogP contribution in [0.1, 0.15) is 43.6 Å². The quantitative estimate of drug-likeness (QED) is 0.431. The first-order valence-corrected chi connectivity index (χ1v) is 12.4. The van der Waals surface area contributed by atoms with E-state index in [1.54, 1.807) is 23.0 Å². The van der Waals surface area contributed by atoms with Crippen molar-refractivity contribution < 1.29 is 19.8 Å². The van der Waals surface area contributed by atoms with Crippen LogP contribution in [0.4, 0.5) is 0 Å². The number of aryl methyl sites for hydroxylation is 1. The van der Waals surface area contributed by atoms with E-state index in [9.17, 15) is 19.8 Å². The molecule has 0 radical (unpaired) electrons. The van der Waals surface area contributed by atoms with Gasteiger partial charge in [0, 0.05) is 19.2 Å². The summed E-state index contributed by atoms with van der Waals surface area (Å²) >= 11 is 1.55. The number of hydrogen-bond acceptors (Lipinski definition) is 8. The second-order valence-electron chi connectivity index (χ2n) is 9.10. The van der Waals surface area contributed by atoms with E-state index in [1.165, 1.54) is 15.8 Å². The summed E-state index contributed by atoms with van der Waals surface area (Å²) < 4.78 is 1.48. The Kier molecular flexibility index (Phi) is 7.58. The van der Waals surface area contributed by atoms with Crippen LogP contribution >= 0.6 is 11.3 Å². The van der Waals surface area contributed by atoms with Gasteiger partial charge in [0.2, 0.25) is 11.8 Å². The maximum absolute atomic E-state index is 13.4. The number of nitrogens with one attached hydrogen (secondary N) is 1. The van der Waals surface area contributed by atoms with Gasteiger partial charge in [-0.05, 0) is 24.0 Å². The predicted molar refractivity (Wildman–Crippen MR) is 130 cm³/mol. The summed E-state index contributed by atoms with van der Waals surface area (Å²) in [5.41, 5.74) is 4.50. The third kappa shape index (κ3) is 5.26. The molecule has 0 aliphatic carbocycles. The summed E-state index contributed by atoms with van der Waals surface area (Å²) in [4.78, 5) is 33.5. The zero-order valence-corrected chi connectivity index (χ0v) is 20.7. The highest BCUT2D eigenvalue weighted by molar-refractivity contribution is 7.13. The highest BCUT2D eigenvalue weighted by Crippen LogP contribution is 2.29. The number of benzene rings is 1. The summed E-state index contributed by atoms with van der Waals surface area (Å²) in [6.07, 6.45) is 2.43. The average Bonchev–Trinajstić information content (AvgIpc) is 3.59. The first-order valence-electron chi connectivity index (χ1n) is 11.6. The van der Waals surface area contributed by atoms with Gasteiger partial charge in [-0.3, -0.25) is 9.59 Å². The average molecular weight is 499 g/mol. The number of rotatable bonds is 8. The van der Waals surface area contributed by atoms with E-state index in [-0.39, 0.29) is 31.4 Å². The Morgan fingerprint density at radius 2 is 2.00 bits per heavy atom. The smallest absolute Gasteiger partial charge is 0.248 e. The highest BCUT2D eigenvalue weighted by Gasteiger charge is 2.43. The molecule has 3 heterocycles. The molecule has 186 valence electrons. The van der Waals surface area contributed by atoms with Crippen LogP contribution in [0.25, 0.3) is 10.4 Å². The van der Waals surface area contributed by atoms with Crippen molar-refractivity contribution >= 4 is 23.2 Å². The number of aliphatic hydroxyl groups is 2. The predicted octanol–water partition coefficient (Wildman–Crippen LogP) is 1.72. The first-order chi connectivity index (χ1) is 16.8. The van der Waals surface area contributed by atoms with Crippen LogP contribution in [0.15, 0.2) is 42.2 Å².